The topological polar surface area (TPSA) is 148 Å². The monoisotopic (exact) mass is 858 g/mol. The first-order chi connectivity index (χ1) is 29.8. The molecule has 62 heavy (non-hydrogen) atoms. The van der Waals surface area contributed by atoms with Crippen LogP contribution < -0.4 is 21.6 Å². The highest BCUT2D eigenvalue weighted by Gasteiger charge is 2.44. The Morgan fingerprint density at radius 1 is 1.06 bits per heavy atom. The number of anilines is 2. The maximum atomic E-state index is 12.9. The molecule has 12 nitrogen and oxygen atoms in total. The summed E-state index contributed by atoms with van der Waals surface area (Å²) in [5.74, 6) is 2.64. The van der Waals surface area contributed by atoms with E-state index in [1.807, 2.05) is 13.6 Å². The average molecular weight is 859 g/mol. The van der Waals surface area contributed by atoms with Crippen molar-refractivity contribution in [1.29, 1.82) is 5.26 Å². The largest absolute Gasteiger partial charge is 0.382 e. The van der Waals surface area contributed by atoms with Gasteiger partial charge in [-0.3, -0.25) is 14.7 Å². The quantitative estimate of drug-likeness (QED) is 0.0340. The first-order valence-corrected chi connectivity index (χ1v) is 23.4. The van der Waals surface area contributed by atoms with Crippen LogP contribution in [0.5, 0.6) is 0 Å². The number of hydrogen-bond donors (Lipinski definition) is 2. The summed E-state index contributed by atoms with van der Waals surface area (Å²) in [6, 6.07) is 22.1. The van der Waals surface area contributed by atoms with Crippen molar-refractivity contribution in [1.82, 2.24) is 14.9 Å². The van der Waals surface area contributed by atoms with Crippen LogP contribution in [0.1, 0.15) is 109 Å². The number of nitrogens with zero attached hydrogens (tertiary/aromatic N) is 5. The lowest BCUT2D eigenvalue weighted by Crippen LogP contribution is -2.28. The molecule has 0 bridgehead atoms. The molecule has 3 aromatic rings. The van der Waals surface area contributed by atoms with Gasteiger partial charge in [-0.05, 0) is 63.7 Å². The van der Waals surface area contributed by atoms with Gasteiger partial charge in [0.1, 0.15) is 18.6 Å². The fourth-order valence-corrected chi connectivity index (χ4v) is 9.77. The van der Waals surface area contributed by atoms with Crippen LogP contribution in [-0.2, 0) is 29.4 Å². The molecule has 0 saturated carbocycles. The Hall–Kier alpha value is -5.36. The Kier molecular flexibility index (Phi) is 15.4. The molecular weight excluding hydrogens is 798 g/mol. The van der Waals surface area contributed by atoms with Crippen molar-refractivity contribution in [3.05, 3.63) is 118 Å². The third-order valence-corrected chi connectivity index (χ3v) is 13.1. The zero-order valence-electron chi connectivity index (χ0n) is 37.2. The summed E-state index contributed by atoms with van der Waals surface area (Å²) >= 11 is 0. The molecule has 1 fully saturated rings. The highest BCUT2D eigenvalue weighted by atomic mass is 31.2. The average Bonchev–Trinajstić information content (AvgIpc) is 3.82. The first-order valence-electron chi connectivity index (χ1n) is 21.7. The number of allylic oxidation sites excluding steroid dienone is 6. The number of rotatable bonds is 17. The van der Waals surface area contributed by atoms with Gasteiger partial charge in [0.2, 0.25) is 11.6 Å². The van der Waals surface area contributed by atoms with E-state index in [9.17, 15) is 9.59 Å². The van der Waals surface area contributed by atoms with Crippen LogP contribution in [-0.4, -0.2) is 64.3 Å². The Bertz CT molecular complexity index is 2400. The fourth-order valence-electron chi connectivity index (χ4n) is 8.75. The van der Waals surface area contributed by atoms with Crippen LogP contribution in [0.2, 0.25) is 0 Å². The van der Waals surface area contributed by atoms with Crippen molar-refractivity contribution < 1.29 is 23.2 Å². The van der Waals surface area contributed by atoms with Gasteiger partial charge in [0.25, 0.3) is 0 Å². The van der Waals surface area contributed by atoms with E-state index in [1.54, 1.807) is 0 Å². The van der Waals surface area contributed by atoms with Gasteiger partial charge in [-0.2, -0.15) is 14.8 Å². The molecule has 0 radical (unpaired) electrons. The maximum absolute atomic E-state index is 12.9. The SMILES string of the molecule is CC[C@H]1O[C@@H](n2cc(C#CNC(=O)CCCCC[N+]3=C(/C=C/C=C/C=C4/N(CC)c5ccccc5C4(C)C)C(C)(C)c4ccccc43)c(N)nc2=O)C[C@H]1OP(C)OCCC#N. The molecule has 13 heteroatoms. The van der Waals surface area contributed by atoms with E-state index in [0.29, 0.717) is 37.9 Å². The van der Waals surface area contributed by atoms with Crippen LogP contribution in [0.15, 0.2) is 95.6 Å². The van der Waals surface area contributed by atoms with E-state index in [2.05, 4.69) is 151 Å². The number of amides is 1. The Balaban J connectivity index is 1.03. The predicted octanol–water partition coefficient (Wildman–Crippen LogP) is 8.66. The number of benzene rings is 2. The van der Waals surface area contributed by atoms with Crippen molar-refractivity contribution in [2.45, 2.75) is 116 Å². The summed E-state index contributed by atoms with van der Waals surface area (Å²) in [5.41, 5.74) is 13.3. The lowest BCUT2D eigenvalue weighted by Gasteiger charge is -2.25. The molecule has 1 amide bonds. The second-order valence-corrected chi connectivity index (χ2v) is 18.1. The van der Waals surface area contributed by atoms with Gasteiger partial charge in [-0.15, -0.1) is 0 Å². The van der Waals surface area contributed by atoms with E-state index < -0.39 is 20.3 Å². The molecule has 2 aromatic carbocycles. The molecule has 4 heterocycles. The van der Waals surface area contributed by atoms with E-state index in [1.165, 1.54) is 44.7 Å². The number of ether oxygens (including phenoxy) is 1. The Morgan fingerprint density at radius 3 is 2.58 bits per heavy atom. The number of likely N-dealkylation sites (N-methyl/N-ethyl adjacent to an activating group) is 1. The molecular formula is C49H61N7O5P+. The number of fused-ring (bicyclic) bond motifs is 2. The number of hydrogen-bond acceptors (Lipinski definition) is 9. The number of para-hydroxylation sites is 2. The van der Waals surface area contributed by atoms with Gasteiger partial charge in [0.15, 0.2) is 14.1 Å². The van der Waals surface area contributed by atoms with Gasteiger partial charge in [0.05, 0.1) is 42.3 Å². The van der Waals surface area contributed by atoms with Crippen molar-refractivity contribution in [2.24, 2.45) is 0 Å². The van der Waals surface area contributed by atoms with Gasteiger partial charge in [-0.1, -0.05) is 75.4 Å². The normalized spacial score (nSPS) is 21.0. The number of aromatic nitrogens is 2. The minimum atomic E-state index is -1.22. The van der Waals surface area contributed by atoms with Gasteiger partial charge < -0.3 is 24.4 Å². The summed E-state index contributed by atoms with van der Waals surface area (Å²) in [5, 5.41) is 11.5. The van der Waals surface area contributed by atoms with E-state index in [-0.39, 0.29) is 41.2 Å². The summed E-state index contributed by atoms with van der Waals surface area (Å²) in [7, 11) is -1.22. The molecule has 4 atom stereocenters. The number of carbonyl (C=O) groups excluding carboxylic acids is 1. The number of nitrogens with one attached hydrogen (secondary N) is 1. The number of carbonyl (C=O) groups is 1. The zero-order chi connectivity index (χ0) is 44.4. The van der Waals surface area contributed by atoms with E-state index in [0.717, 1.165) is 25.9 Å². The molecule has 1 unspecified atom stereocenters. The lowest BCUT2D eigenvalue weighted by molar-refractivity contribution is -0.438. The maximum Gasteiger partial charge on any atom is 0.351 e. The highest BCUT2D eigenvalue weighted by Crippen LogP contribution is 2.47. The van der Waals surface area contributed by atoms with Crippen molar-refractivity contribution in [2.75, 3.05) is 37.0 Å². The minimum absolute atomic E-state index is 0.0254. The third kappa shape index (κ3) is 10.3. The van der Waals surface area contributed by atoms with Crippen molar-refractivity contribution in [3.63, 3.8) is 0 Å². The smallest absolute Gasteiger partial charge is 0.351 e. The molecule has 0 aliphatic carbocycles. The summed E-state index contributed by atoms with van der Waals surface area (Å²) in [6.45, 7) is 17.2. The number of nitriles is 1. The molecule has 1 aromatic heterocycles. The first kappa shape index (κ1) is 46.2. The molecule has 3 aliphatic heterocycles. The second kappa shape index (κ2) is 20.7. The van der Waals surface area contributed by atoms with Crippen LogP contribution in [0, 0.1) is 23.3 Å². The Morgan fingerprint density at radius 2 is 1.82 bits per heavy atom. The van der Waals surface area contributed by atoms with Crippen LogP contribution >= 0.6 is 8.38 Å². The molecule has 1 saturated heterocycles. The van der Waals surface area contributed by atoms with Crippen molar-refractivity contribution in [3.8, 4) is 18.0 Å². The summed E-state index contributed by atoms with van der Waals surface area (Å²) in [4.78, 5) is 32.1. The highest BCUT2D eigenvalue weighted by molar-refractivity contribution is 7.46. The lowest BCUT2D eigenvalue weighted by atomic mass is 9.81. The standard InChI is InChI=1S/C49H60N7O5P/c1-8-40-41(61-62(7)59-32-20-29-50)33-45(60-40)56-34-35(46(51)53-47(56)58)28-30-52-44(57)27-14-11-19-31-55-39-24-18-16-22-37(39)49(5,6)43(55)26-13-10-12-25-42-48(3,4)36-21-15-17-23-38(36)54(42)9-2/h10,12-13,15-18,21-26,34,40-41,45H,8-9,11,14,19-20,27,31-33H2,1-7H3,(H2-,51,52,53,57,58)/p+1/t40-,41-,45-,62?/m1/s1. The number of nitrogen functional groups attached to an aromatic ring is 1. The van der Waals surface area contributed by atoms with Gasteiger partial charge in [-0.25, -0.2) is 4.79 Å². The second-order valence-electron chi connectivity index (χ2n) is 16.8. The predicted molar refractivity (Wildman–Crippen MR) is 247 cm³/mol. The molecule has 6 rings (SSSR count). The van der Waals surface area contributed by atoms with Crippen LogP contribution in [0.4, 0.5) is 17.2 Å². The fraction of sp³-hybridized carbons (Fsp3) is 0.449. The number of nitrogens with two attached hydrogens (primary N) is 1. The zero-order valence-corrected chi connectivity index (χ0v) is 38.1. The molecule has 3 N–H and O–H groups in total. The van der Waals surface area contributed by atoms with Crippen LogP contribution in [0.3, 0.4) is 0 Å². The number of unbranched alkanes of at least 4 members (excludes halogenated alkanes) is 2. The van der Waals surface area contributed by atoms with E-state index >= 15 is 0 Å². The molecule has 0 spiro atoms. The summed E-state index contributed by atoms with van der Waals surface area (Å²) in [6.07, 6.45) is 15.4. The third-order valence-electron chi connectivity index (χ3n) is 12.0. The molecule has 3 aliphatic rings. The summed E-state index contributed by atoms with van der Waals surface area (Å²) < 4.78 is 21.7. The Labute approximate surface area is 368 Å². The van der Waals surface area contributed by atoms with Gasteiger partial charge >= 0.3 is 5.69 Å². The molecule has 326 valence electrons. The van der Waals surface area contributed by atoms with Gasteiger partial charge in [0, 0.05) is 79.2 Å². The van der Waals surface area contributed by atoms with E-state index in [4.69, 9.17) is 24.8 Å². The van der Waals surface area contributed by atoms with Crippen molar-refractivity contribution >= 4 is 37.2 Å². The van der Waals surface area contributed by atoms with Crippen LogP contribution in [0.25, 0.3) is 0 Å². The minimum Gasteiger partial charge on any atom is -0.382 e.